The topological polar surface area (TPSA) is 49.7 Å². The van der Waals surface area contributed by atoms with Crippen molar-refractivity contribution < 1.29 is 14.9 Å². The molecule has 94 valence electrons. The molecule has 0 aromatic heterocycles. The molecule has 3 nitrogen and oxygen atoms in total. The molecule has 1 unspecified atom stereocenters. The molecular formula is C15H16O3. The lowest BCUT2D eigenvalue weighted by Crippen LogP contribution is -2.10. The maximum absolute atomic E-state index is 9.96. The Balaban J connectivity index is 1.98. The summed E-state index contributed by atoms with van der Waals surface area (Å²) in [7, 11) is 0. The van der Waals surface area contributed by atoms with E-state index in [-0.39, 0.29) is 12.4 Å². The zero-order chi connectivity index (χ0) is 13.0. The highest BCUT2D eigenvalue weighted by molar-refractivity contribution is 5.32. The Morgan fingerprint density at radius 2 is 1.72 bits per heavy atom. The van der Waals surface area contributed by atoms with Gasteiger partial charge in [-0.2, -0.15) is 0 Å². The first-order valence-corrected chi connectivity index (χ1v) is 5.82. The van der Waals surface area contributed by atoms with Gasteiger partial charge in [-0.05, 0) is 36.2 Å². The highest BCUT2D eigenvalue weighted by Gasteiger charge is 2.09. The molecule has 1 atom stereocenters. The molecule has 0 saturated heterocycles. The number of rotatable bonds is 4. The van der Waals surface area contributed by atoms with Crippen molar-refractivity contribution in [2.75, 3.05) is 6.61 Å². The van der Waals surface area contributed by atoms with Crippen LogP contribution in [0, 0.1) is 6.92 Å². The first kappa shape index (κ1) is 12.5. The standard InChI is InChI=1S/C15H16O3/c1-11-4-2-3-5-15(11)18-10-14(17)12-6-8-13(16)9-7-12/h2-9,14,16-17H,10H2,1H3. The van der Waals surface area contributed by atoms with E-state index in [1.54, 1.807) is 24.3 Å². The predicted molar refractivity (Wildman–Crippen MR) is 69.7 cm³/mol. The fourth-order valence-corrected chi connectivity index (χ4v) is 1.68. The fraction of sp³-hybridized carbons (Fsp3) is 0.200. The van der Waals surface area contributed by atoms with Crippen LogP contribution in [0.1, 0.15) is 17.2 Å². The Bertz CT molecular complexity index is 505. The maximum Gasteiger partial charge on any atom is 0.122 e. The summed E-state index contributed by atoms with van der Waals surface area (Å²) < 4.78 is 5.57. The number of ether oxygens (including phenoxy) is 1. The number of hydrogen-bond acceptors (Lipinski definition) is 3. The highest BCUT2D eigenvalue weighted by Crippen LogP contribution is 2.20. The van der Waals surface area contributed by atoms with Gasteiger partial charge >= 0.3 is 0 Å². The second-order valence-electron chi connectivity index (χ2n) is 4.18. The van der Waals surface area contributed by atoms with Gasteiger partial charge in [0.25, 0.3) is 0 Å². The second kappa shape index (κ2) is 5.56. The lowest BCUT2D eigenvalue weighted by atomic mass is 10.1. The van der Waals surface area contributed by atoms with Gasteiger partial charge in [-0.15, -0.1) is 0 Å². The van der Waals surface area contributed by atoms with Crippen molar-refractivity contribution >= 4 is 0 Å². The van der Waals surface area contributed by atoms with Gasteiger partial charge in [0.1, 0.15) is 24.2 Å². The lowest BCUT2D eigenvalue weighted by molar-refractivity contribution is 0.108. The molecule has 0 radical (unpaired) electrons. The molecule has 2 aromatic carbocycles. The Morgan fingerprint density at radius 3 is 2.39 bits per heavy atom. The Kier molecular flexibility index (Phi) is 3.85. The van der Waals surface area contributed by atoms with E-state index >= 15 is 0 Å². The smallest absolute Gasteiger partial charge is 0.122 e. The molecule has 18 heavy (non-hydrogen) atoms. The van der Waals surface area contributed by atoms with E-state index in [1.807, 2.05) is 31.2 Å². The van der Waals surface area contributed by atoms with E-state index < -0.39 is 6.10 Å². The first-order chi connectivity index (χ1) is 8.66. The molecule has 2 aromatic rings. The number of hydrogen-bond donors (Lipinski definition) is 2. The molecule has 0 fully saturated rings. The van der Waals surface area contributed by atoms with Crippen molar-refractivity contribution in [2.45, 2.75) is 13.0 Å². The minimum Gasteiger partial charge on any atom is -0.508 e. The molecule has 0 amide bonds. The summed E-state index contributed by atoms with van der Waals surface area (Å²) in [4.78, 5) is 0. The van der Waals surface area contributed by atoms with Gasteiger partial charge in [0.2, 0.25) is 0 Å². The summed E-state index contributed by atoms with van der Waals surface area (Å²) in [5.74, 6) is 0.959. The number of aromatic hydroxyl groups is 1. The van der Waals surface area contributed by atoms with Crippen LogP contribution in [0.4, 0.5) is 0 Å². The number of para-hydroxylation sites is 1. The van der Waals surface area contributed by atoms with E-state index in [0.717, 1.165) is 16.9 Å². The van der Waals surface area contributed by atoms with Gasteiger partial charge < -0.3 is 14.9 Å². The van der Waals surface area contributed by atoms with Crippen molar-refractivity contribution in [3.8, 4) is 11.5 Å². The quantitative estimate of drug-likeness (QED) is 0.869. The Labute approximate surface area is 106 Å². The Hall–Kier alpha value is -2.00. The number of aryl methyl sites for hydroxylation is 1. The second-order valence-corrected chi connectivity index (χ2v) is 4.18. The van der Waals surface area contributed by atoms with Gasteiger partial charge in [-0.1, -0.05) is 30.3 Å². The third kappa shape index (κ3) is 3.02. The minimum absolute atomic E-state index is 0.186. The molecule has 0 heterocycles. The average molecular weight is 244 g/mol. The predicted octanol–water partition coefficient (Wildman–Crippen LogP) is 2.81. The number of aliphatic hydroxyl groups excluding tert-OH is 1. The number of benzene rings is 2. The van der Waals surface area contributed by atoms with Crippen LogP contribution in [0.3, 0.4) is 0 Å². The number of phenols is 1. The van der Waals surface area contributed by atoms with Crippen LogP contribution in [-0.2, 0) is 0 Å². The molecular weight excluding hydrogens is 228 g/mol. The highest BCUT2D eigenvalue weighted by atomic mass is 16.5. The van der Waals surface area contributed by atoms with E-state index in [4.69, 9.17) is 9.84 Å². The minimum atomic E-state index is -0.704. The van der Waals surface area contributed by atoms with Crippen molar-refractivity contribution in [3.05, 3.63) is 59.7 Å². The molecule has 0 spiro atoms. The molecule has 0 bridgehead atoms. The van der Waals surface area contributed by atoms with Crippen molar-refractivity contribution in [1.82, 2.24) is 0 Å². The number of phenolic OH excluding ortho intramolecular Hbond substituents is 1. The third-order valence-electron chi connectivity index (χ3n) is 2.77. The van der Waals surface area contributed by atoms with Crippen LogP contribution in [0.5, 0.6) is 11.5 Å². The van der Waals surface area contributed by atoms with Crippen molar-refractivity contribution in [2.24, 2.45) is 0 Å². The summed E-state index contributed by atoms with van der Waals surface area (Å²) in [5.41, 5.74) is 1.76. The monoisotopic (exact) mass is 244 g/mol. The van der Waals surface area contributed by atoms with Crippen LogP contribution in [-0.4, -0.2) is 16.8 Å². The normalized spacial score (nSPS) is 12.1. The van der Waals surface area contributed by atoms with Gasteiger partial charge in [-0.25, -0.2) is 0 Å². The number of aliphatic hydroxyl groups is 1. The summed E-state index contributed by atoms with van der Waals surface area (Å²) in [6, 6.07) is 14.1. The third-order valence-corrected chi connectivity index (χ3v) is 2.77. The van der Waals surface area contributed by atoms with Crippen molar-refractivity contribution in [3.63, 3.8) is 0 Å². The SMILES string of the molecule is Cc1ccccc1OCC(O)c1ccc(O)cc1. The molecule has 2 N–H and O–H groups in total. The Morgan fingerprint density at radius 1 is 1.06 bits per heavy atom. The van der Waals surface area contributed by atoms with Crippen LogP contribution < -0.4 is 4.74 Å². The van der Waals surface area contributed by atoms with E-state index in [2.05, 4.69) is 0 Å². The fourth-order valence-electron chi connectivity index (χ4n) is 1.68. The molecule has 3 heteroatoms. The first-order valence-electron chi connectivity index (χ1n) is 5.82. The van der Waals surface area contributed by atoms with Crippen LogP contribution in [0.15, 0.2) is 48.5 Å². The van der Waals surface area contributed by atoms with Crippen LogP contribution >= 0.6 is 0 Å². The van der Waals surface area contributed by atoms with E-state index in [9.17, 15) is 5.11 Å². The zero-order valence-electron chi connectivity index (χ0n) is 10.2. The summed E-state index contributed by atoms with van der Waals surface area (Å²) >= 11 is 0. The molecule has 0 aliphatic heterocycles. The van der Waals surface area contributed by atoms with E-state index in [1.165, 1.54) is 0 Å². The van der Waals surface area contributed by atoms with Gasteiger partial charge in [0.15, 0.2) is 0 Å². The largest absolute Gasteiger partial charge is 0.508 e. The summed E-state index contributed by atoms with van der Waals surface area (Å²) in [5, 5.41) is 19.1. The maximum atomic E-state index is 9.96. The zero-order valence-corrected chi connectivity index (χ0v) is 10.2. The average Bonchev–Trinajstić information content (AvgIpc) is 2.38. The van der Waals surface area contributed by atoms with Gasteiger partial charge in [0, 0.05) is 0 Å². The van der Waals surface area contributed by atoms with Crippen LogP contribution in [0.2, 0.25) is 0 Å². The lowest BCUT2D eigenvalue weighted by Gasteiger charge is -2.14. The van der Waals surface area contributed by atoms with E-state index in [0.29, 0.717) is 0 Å². The summed E-state index contributed by atoms with van der Waals surface area (Å²) in [6.07, 6.45) is -0.704. The van der Waals surface area contributed by atoms with Gasteiger partial charge in [0.05, 0.1) is 0 Å². The summed E-state index contributed by atoms with van der Waals surface area (Å²) in [6.45, 7) is 2.15. The molecule has 2 rings (SSSR count). The van der Waals surface area contributed by atoms with Crippen LogP contribution in [0.25, 0.3) is 0 Å². The molecule has 0 aliphatic carbocycles. The molecule has 0 saturated carbocycles. The molecule has 0 aliphatic rings. The van der Waals surface area contributed by atoms with Crippen molar-refractivity contribution in [1.29, 1.82) is 0 Å². The van der Waals surface area contributed by atoms with Gasteiger partial charge in [-0.3, -0.25) is 0 Å².